The maximum Gasteiger partial charge on any atom is 0.256 e. The van der Waals surface area contributed by atoms with E-state index in [9.17, 15) is 9.18 Å². The minimum absolute atomic E-state index is 0.0480. The topological polar surface area (TPSA) is 32.8 Å². The summed E-state index contributed by atoms with van der Waals surface area (Å²) in [6.45, 7) is 5.60. The normalized spacial score (nSPS) is 22.7. The van der Waals surface area contributed by atoms with Crippen molar-refractivity contribution in [2.24, 2.45) is 0 Å². The van der Waals surface area contributed by atoms with Crippen molar-refractivity contribution in [3.8, 4) is 0 Å². The molecule has 5 heteroatoms. The number of benzene rings is 1. The molecule has 3 rings (SSSR count). The van der Waals surface area contributed by atoms with Gasteiger partial charge in [-0.25, -0.2) is 4.39 Å². The Labute approximate surface area is 130 Å². The average molecular weight is 306 g/mol. The predicted octanol–water partition coefficient (Wildman–Crippen LogP) is 2.68. The molecule has 2 fully saturated rings. The molecule has 0 aliphatic carbocycles. The van der Waals surface area contributed by atoms with Crippen LogP contribution in [0.5, 0.6) is 0 Å². The Kier molecular flexibility index (Phi) is 4.62. The number of morpholine rings is 1. The maximum absolute atomic E-state index is 13.7. The summed E-state index contributed by atoms with van der Waals surface area (Å²) < 4.78 is 19.1. The zero-order chi connectivity index (χ0) is 15.5. The molecule has 2 aliphatic heterocycles. The zero-order valence-electron chi connectivity index (χ0n) is 13.1. The van der Waals surface area contributed by atoms with Gasteiger partial charge in [0.1, 0.15) is 5.82 Å². The summed E-state index contributed by atoms with van der Waals surface area (Å²) in [5.74, 6) is -0.404. The highest BCUT2D eigenvalue weighted by Crippen LogP contribution is 2.27. The van der Waals surface area contributed by atoms with Gasteiger partial charge in [0.05, 0.1) is 18.8 Å². The van der Waals surface area contributed by atoms with E-state index in [1.54, 1.807) is 6.07 Å². The largest absolute Gasteiger partial charge is 0.378 e. The van der Waals surface area contributed by atoms with Gasteiger partial charge in [-0.3, -0.25) is 4.79 Å². The number of likely N-dealkylation sites (tertiary alicyclic amines) is 1. The minimum Gasteiger partial charge on any atom is -0.378 e. The number of anilines is 1. The van der Waals surface area contributed by atoms with Gasteiger partial charge in [0, 0.05) is 31.4 Å². The van der Waals surface area contributed by atoms with Crippen LogP contribution < -0.4 is 4.90 Å². The number of ether oxygens (including phenoxy) is 1. The second-order valence-electron chi connectivity index (χ2n) is 6.10. The molecule has 1 aromatic carbocycles. The number of hydrogen-bond donors (Lipinski definition) is 0. The fraction of sp³-hybridized carbons (Fsp3) is 0.588. The Morgan fingerprint density at radius 2 is 2.00 bits per heavy atom. The first-order chi connectivity index (χ1) is 10.7. The standard InChI is InChI=1S/C17H23FN2O2/c1-13-4-2-3-7-20(13)17(21)15-12-14(18)5-6-16(15)19-8-10-22-11-9-19/h5-6,12-13H,2-4,7-11H2,1H3. The number of hydrogen-bond acceptors (Lipinski definition) is 3. The van der Waals surface area contributed by atoms with Crippen LogP contribution in [0.2, 0.25) is 0 Å². The lowest BCUT2D eigenvalue weighted by Gasteiger charge is -2.35. The molecule has 120 valence electrons. The molecule has 1 aromatic rings. The molecule has 22 heavy (non-hydrogen) atoms. The smallest absolute Gasteiger partial charge is 0.256 e. The lowest BCUT2D eigenvalue weighted by Crippen LogP contribution is -2.43. The van der Waals surface area contributed by atoms with Crippen LogP contribution in [0.25, 0.3) is 0 Å². The third-order valence-electron chi connectivity index (χ3n) is 4.60. The van der Waals surface area contributed by atoms with E-state index in [4.69, 9.17) is 4.74 Å². The third kappa shape index (κ3) is 3.09. The van der Waals surface area contributed by atoms with Crippen LogP contribution in [-0.2, 0) is 4.74 Å². The molecule has 1 unspecified atom stereocenters. The Morgan fingerprint density at radius 3 is 2.73 bits per heavy atom. The molecule has 0 aromatic heterocycles. The lowest BCUT2D eigenvalue weighted by atomic mass is 10.0. The summed E-state index contributed by atoms with van der Waals surface area (Å²) in [4.78, 5) is 16.9. The van der Waals surface area contributed by atoms with Crippen molar-refractivity contribution in [2.75, 3.05) is 37.7 Å². The van der Waals surface area contributed by atoms with Crippen LogP contribution in [0.4, 0.5) is 10.1 Å². The van der Waals surface area contributed by atoms with Gasteiger partial charge < -0.3 is 14.5 Å². The molecule has 2 saturated heterocycles. The minimum atomic E-state index is -0.356. The number of amides is 1. The van der Waals surface area contributed by atoms with Gasteiger partial charge in [-0.15, -0.1) is 0 Å². The van der Waals surface area contributed by atoms with Crippen LogP contribution in [0.15, 0.2) is 18.2 Å². The SMILES string of the molecule is CC1CCCCN1C(=O)c1cc(F)ccc1N1CCOCC1. The number of carbonyl (C=O) groups excluding carboxylic acids is 1. The van der Waals surface area contributed by atoms with Crippen molar-refractivity contribution in [1.82, 2.24) is 4.90 Å². The van der Waals surface area contributed by atoms with Crippen LogP contribution in [0.3, 0.4) is 0 Å². The van der Waals surface area contributed by atoms with Crippen molar-refractivity contribution in [2.45, 2.75) is 32.2 Å². The second kappa shape index (κ2) is 6.65. The van der Waals surface area contributed by atoms with Gasteiger partial charge in [-0.1, -0.05) is 0 Å². The van der Waals surface area contributed by atoms with E-state index in [1.165, 1.54) is 12.1 Å². The number of carbonyl (C=O) groups is 1. The molecule has 1 amide bonds. The highest BCUT2D eigenvalue weighted by atomic mass is 19.1. The van der Waals surface area contributed by atoms with Crippen molar-refractivity contribution in [1.29, 1.82) is 0 Å². The van der Waals surface area contributed by atoms with E-state index in [-0.39, 0.29) is 17.8 Å². The van der Waals surface area contributed by atoms with Crippen molar-refractivity contribution in [3.05, 3.63) is 29.6 Å². The first-order valence-electron chi connectivity index (χ1n) is 8.10. The summed E-state index contributed by atoms with van der Waals surface area (Å²) in [6.07, 6.45) is 3.21. The van der Waals surface area contributed by atoms with Crippen molar-refractivity contribution < 1.29 is 13.9 Å². The highest BCUT2D eigenvalue weighted by molar-refractivity contribution is 6.00. The van der Waals surface area contributed by atoms with Gasteiger partial charge in [0.15, 0.2) is 0 Å². The van der Waals surface area contributed by atoms with E-state index in [1.807, 2.05) is 4.90 Å². The highest BCUT2D eigenvalue weighted by Gasteiger charge is 2.28. The summed E-state index contributed by atoms with van der Waals surface area (Å²) in [5.41, 5.74) is 1.31. The fourth-order valence-electron chi connectivity index (χ4n) is 3.31. The van der Waals surface area contributed by atoms with E-state index >= 15 is 0 Å². The molecule has 0 saturated carbocycles. The van der Waals surface area contributed by atoms with E-state index in [0.29, 0.717) is 18.8 Å². The van der Waals surface area contributed by atoms with Crippen LogP contribution in [0, 0.1) is 5.82 Å². The maximum atomic E-state index is 13.7. The molecular formula is C17H23FN2O2. The van der Waals surface area contributed by atoms with Crippen LogP contribution in [-0.4, -0.2) is 49.7 Å². The molecule has 0 spiro atoms. The summed E-state index contributed by atoms with van der Waals surface area (Å²) in [5, 5.41) is 0. The van der Waals surface area contributed by atoms with Crippen molar-refractivity contribution in [3.63, 3.8) is 0 Å². The molecular weight excluding hydrogens is 283 g/mol. The molecule has 4 nitrogen and oxygen atoms in total. The van der Waals surface area contributed by atoms with E-state index in [2.05, 4.69) is 11.8 Å². The van der Waals surface area contributed by atoms with E-state index in [0.717, 1.165) is 44.6 Å². The summed E-state index contributed by atoms with van der Waals surface area (Å²) >= 11 is 0. The number of rotatable bonds is 2. The van der Waals surface area contributed by atoms with Crippen LogP contribution >= 0.6 is 0 Å². The van der Waals surface area contributed by atoms with Crippen LogP contribution in [0.1, 0.15) is 36.5 Å². The first kappa shape index (κ1) is 15.3. The number of halogens is 1. The Morgan fingerprint density at radius 1 is 1.23 bits per heavy atom. The van der Waals surface area contributed by atoms with Gasteiger partial charge in [0.2, 0.25) is 0 Å². The quantitative estimate of drug-likeness (QED) is 0.842. The second-order valence-corrected chi connectivity index (χ2v) is 6.10. The predicted molar refractivity (Wildman–Crippen MR) is 83.8 cm³/mol. The van der Waals surface area contributed by atoms with Crippen molar-refractivity contribution >= 4 is 11.6 Å². The zero-order valence-corrected chi connectivity index (χ0v) is 13.1. The van der Waals surface area contributed by atoms with Gasteiger partial charge in [0.25, 0.3) is 5.91 Å². The molecule has 0 bridgehead atoms. The molecule has 2 aliphatic rings. The summed E-state index contributed by atoms with van der Waals surface area (Å²) in [6, 6.07) is 4.76. The third-order valence-corrected chi connectivity index (χ3v) is 4.60. The monoisotopic (exact) mass is 306 g/mol. The van der Waals surface area contributed by atoms with Gasteiger partial charge in [-0.2, -0.15) is 0 Å². The first-order valence-corrected chi connectivity index (χ1v) is 8.10. The number of nitrogens with zero attached hydrogens (tertiary/aromatic N) is 2. The molecule has 2 heterocycles. The molecule has 0 radical (unpaired) electrons. The van der Waals surface area contributed by atoms with Gasteiger partial charge >= 0.3 is 0 Å². The summed E-state index contributed by atoms with van der Waals surface area (Å²) in [7, 11) is 0. The Hall–Kier alpha value is -1.62. The lowest BCUT2D eigenvalue weighted by molar-refractivity contribution is 0.0634. The number of piperidine rings is 1. The molecule has 1 atom stereocenters. The molecule has 0 N–H and O–H groups in total. The Bertz CT molecular complexity index is 543. The fourth-order valence-corrected chi connectivity index (χ4v) is 3.31. The Balaban J connectivity index is 1.90. The van der Waals surface area contributed by atoms with Gasteiger partial charge in [-0.05, 0) is 44.4 Å². The average Bonchev–Trinajstić information content (AvgIpc) is 2.55. The van der Waals surface area contributed by atoms with E-state index < -0.39 is 0 Å².